The fraction of sp³-hybridized carbons (Fsp3) is 0.0714. The van der Waals surface area contributed by atoms with Gasteiger partial charge in [0.2, 0.25) is 0 Å². The van der Waals surface area contributed by atoms with E-state index in [4.69, 9.17) is 0 Å². The maximum Gasteiger partial charge on any atom is 0.292 e. The van der Waals surface area contributed by atoms with Gasteiger partial charge in [0.1, 0.15) is 5.69 Å². The van der Waals surface area contributed by atoms with E-state index in [1.165, 1.54) is 24.1 Å². The SMILES string of the molecule is Cc1ccc(-c2ccccc2C(=O)Nc2ccc(C(=O)N(C)c3ccccc3[N+](=O)[O-])cc2)cc1. The second-order valence-electron chi connectivity index (χ2n) is 8.05. The fourth-order valence-electron chi connectivity index (χ4n) is 3.77. The Morgan fingerprint density at radius 3 is 2.14 bits per heavy atom. The molecule has 0 saturated heterocycles. The summed E-state index contributed by atoms with van der Waals surface area (Å²) in [7, 11) is 1.49. The third-order valence-electron chi connectivity index (χ3n) is 5.67. The molecule has 7 nitrogen and oxygen atoms in total. The lowest BCUT2D eigenvalue weighted by Crippen LogP contribution is -2.26. The van der Waals surface area contributed by atoms with Crippen LogP contribution in [0.4, 0.5) is 17.1 Å². The molecule has 1 N–H and O–H groups in total. The van der Waals surface area contributed by atoms with Crippen molar-refractivity contribution in [1.82, 2.24) is 0 Å². The topological polar surface area (TPSA) is 92.6 Å². The first-order valence-corrected chi connectivity index (χ1v) is 10.9. The van der Waals surface area contributed by atoms with Gasteiger partial charge in [-0.15, -0.1) is 0 Å². The minimum atomic E-state index is -0.522. The molecule has 7 heteroatoms. The van der Waals surface area contributed by atoms with Crippen molar-refractivity contribution in [2.45, 2.75) is 6.92 Å². The maximum atomic E-state index is 13.0. The van der Waals surface area contributed by atoms with E-state index in [0.717, 1.165) is 16.7 Å². The summed E-state index contributed by atoms with van der Waals surface area (Å²) in [6.45, 7) is 2.01. The highest BCUT2D eigenvalue weighted by Crippen LogP contribution is 2.28. The normalized spacial score (nSPS) is 10.5. The molecule has 174 valence electrons. The van der Waals surface area contributed by atoms with Gasteiger partial charge in [-0.1, -0.05) is 60.2 Å². The summed E-state index contributed by atoms with van der Waals surface area (Å²) in [6.07, 6.45) is 0. The quantitative estimate of drug-likeness (QED) is 0.275. The van der Waals surface area contributed by atoms with Gasteiger partial charge >= 0.3 is 0 Å². The summed E-state index contributed by atoms with van der Waals surface area (Å²) in [4.78, 5) is 38.0. The van der Waals surface area contributed by atoms with Crippen molar-refractivity contribution in [3.63, 3.8) is 0 Å². The zero-order chi connectivity index (χ0) is 24.9. The van der Waals surface area contributed by atoms with Crippen LogP contribution in [0.25, 0.3) is 11.1 Å². The summed E-state index contributed by atoms with van der Waals surface area (Å²) in [5.41, 5.74) is 4.35. The number of nitrogens with one attached hydrogen (secondary N) is 1. The average Bonchev–Trinajstić information content (AvgIpc) is 2.88. The molecule has 35 heavy (non-hydrogen) atoms. The lowest BCUT2D eigenvalue weighted by molar-refractivity contribution is -0.384. The third-order valence-corrected chi connectivity index (χ3v) is 5.67. The number of para-hydroxylation sites is 2. The lowest BCUT2D eigenvalue weighted by Gasteiger charge is -2.17. The number of benzene rings is 4. The van der Waals surface area contributed by atoms with Gasteiger partial charge in [0.25, 0.3) is 17.5 Å². The first kappa shape index (κ1) is 23.4. The first-order valence-electron chi connectivity index (χ1n) is 10.9. The highest BCUT2D eigenvalue weighted by Gasteiger charge is 2.22. The average molecular weight is 466 g/mol. The van der Waals surface area contributed by atoms with Gasteiger partial charge in [-0.25, -0.2) is 0 Å². The highest BCUT2D eigenvalue weighted by atomic mass is 16.6. The molecule has 0 aliphatic heterocycles. The molecule has 4 rings (SSSR count). The summed E-state index contributed by atoms with van der Waals surface area (Å²) < 4.78 is 0. The van der Waals surface area contributed by atoms with Crippen molar-refractivity contribution in [1.29, 1.82) is 0 Å². The number of carbonyl (C=O) groups excluding carboxylic acids is 2. The van der Waals surface area contributed by atoms with Crippen molar-refractivity contribution < 1.29 is 14.5 Å². The predicted molar refractivity (Wildman–Crippen MR) is 137 cm³/mol. The van der Waals surface area contributed by atoms with Gasteiger partial charge in [-0.2, -0.15) is 0 Å². The van der Waals surface area contributed by atoms with E-state index in [-0.39, 0.29) is 17.3 Å². The van der Waals surface area contributed by atoms with E-state index in [1.807, 2.05) is 49.4 Å². The minimum absolute atomic E-state index is 0.153. The van der Waals surface area contributed by atoms with Crippen LogP contribution in [0.2, 0.25) is 0 Å². The van der Waals surface area contributed by atoms with Gasteiger partial charge in [-0.05, 0) is 54.4 Å². The molecule has 0 spiro atoms. The van der Waals surface area contributed by atoms with E-state index < -0.39 is 10.8 Å². The Hall–Kier alpha value is -4.78. The zero-order valence-electron chi connectivity index (χ0n) is 19.3. The predicted octanol–water partition coefficient (Wildman–Crippen LogP) is 6.10. The smallest absolute Gasteiger partial charge is 0.292 e. The molecule has 0 saturated carbocycles. The van der Waals surface area contributed by atoms with E-state index in [2.05, 4.69) is 5.32 Å². The maximum absolute atomic E-state index is 13.0. The number of nitro benzene ring substituents is 1. The molecule has 0 heterocycles. The van der Waals surface area contributed by atoms with Crippen LogP contribution in [0.5, 0.6) is 0 Å². The van der Waals surface area contributed by atoms with Crippen LogP contribution in [0.1, 0.15) is 26.3 Å². The third kappa shape index (κ3) is 5.09. The molecule has 0 radical (unpaired) electrons. The van der Waals surface area contributed by atoms with Crippen molar-refractivity contribution in [3.05, 3.63) is 124 Å². The minimum Gasteiger partial charge on any atom is -0.322 e. The number of hydrogen-bond acceptors (Lipinski definition) is 4. The molecule has 4 aromatic carbocycles. The van der Waals surface area contributed by atoms with Gasteiger partial charge in [0.15, 0.2) is 0 Å². The first-order chi connectivity index (χ1) is 16.8. The molecule has 0 bridgehead atoms. The number of carbonyl (C=O) groups is 2. The van der Waals surface area contributed by atoms with E-state index in [1.54, 1.807) is 42.5 Å². The van der Waals surface area contributed by atoms with Gasteiger partial charge < -0.3 is 10.2 Å². The van der Waals surface area contributed by atoms with Gasteiger partial charge in [-0.3, -0.25) is 19.7 Å². The standard InChI is InChI=1S/C28H23N3O4/c1-19-11-13-20(14-12-19)23-7-3-4-8-24(23)27(32)29-22-17-15-21(16-18-22)28(33)30(2)25-9-5-6-10-26(25)31(34)35/h3-18H,1-2H3,(H,29,32). The molecule has 0 atom stereocenters. The van der Waals surface area contributed by atoms with Crippen molar-refractivity contribution >= 4 is 28.9 Å². The Balaban J connectivity index is 1.52. The van der Waals surface area contributed by atoms with Crippen molar-refractivity contribution in [3.8, 4) is 11.1 Å². The largest absolute Gasteiger partial charge is 0.322 e. The Kier molecular flexibility index (Phi) is 6.69. The van der Waals surface area contributed by atoms with Gasteiger partial charge in [0.05, 0.1) is 4.92 Å². The molecule has 4 aromatic rings. The molecule has 0 aliphatic carbocycles. The van der Waals surface area contributed by atoms with Crippen LogP contribution >= 0.6 is 0 Å². The Bertz CT molecular complexity index is 1400. The molecule has 0 aromatic heterocycles. The number of hydrogen-bond donors (Lipinski definition) is 1. The number of nitro groups is 1. The number of nitrogens with zero attached hydrogens (tertiary/aromatic N) is 2. The summed E-state index contributed by atoms with van der Waals surface area (Å²) in [5.74, 6) is -0.667. The Labute approximate surface area is 202 Å². The Morgan fingerprint density at radius 2 is 1.46 bits per heavy atom. The lowest BCUT2D eigenvalue weighted by atomic mass is 9.98. The molecule has 0 aliphatic rings. The molecular weight excluding hydrogens is 442 g/mol. The molecule has 0 fully saturated rings. The molecule has 2 amide bonds. The second-order valence-corrected chi connectivity index (χ2v) is 8.05. The summed E-state index contributed by atoms with van der Waals surface area (Å²) in [5, 5.41) is 14.2. The van der Waals surface area contributed by atoms with Crippen LogP contribution < -0.4 is 10.2 Å². The Morgan fingerprint density at radius 1 is 0.829 bits per heavy atom. The van der Waals surface area contributed by atoms with E-state index >= 15 is 0 Å². The van der Waals surface area contributed by atoms with E-state index in [0.29, 0.717) is 16.8 Å². The second kappa shape index (κ2) is 10.0. The monoisotopic (exact) mass is 465 g/mol. The van der Waals surface area contributed by atoms with Crippen LogP contribution in [0.15, 0.2) is 97.1 Å². The summed E-state index contributed by atoms with van der Waals surface area (Å²) >= 11 is 0. The highest BCUT2D eigenvalue weighted by molar-refractivity contribution is 6.10. The number of rotatable bonds is 6. The van der Waals surface area contributed by atoms with Crippen LogP contribution in [0.3, 0.4) is 0 Å². The van der Waals surface area contributed by atoms with Crippen LogP contribution in [0, 0.1) is 17.0 Å². The van der Waals surface area contributed by atoms with Gasteiger partial charge in [0, 0.05) is 29.9 Å². The number of amides is 2. The van der Waals surface area contributed by atoms with Crippen molar-refractivity contribution in [2.24, 2.45) is 0 Å². The fourth-order valence-corrected chi connectivity index (χ4v) is 3.77. The van der Waals surface area contributed by atoms with Crippen molar-refractivity contribution in [2.75, 3.05) is 17.3 Å². The van der Waals surface area contributed by atoms with Crippen LogP contribution in [-0.4, -0.2) is 23.8 Å². The summed E-state index contributed by atoms with van der Waals surface area (Å²) in [6, 6.07) is 27.8. The van der Waals surface area contributed by atoms with Crippen LogP contribution in [-0.2, 0) is 0 Å². The molecular formula is C28H23N3O4. The zero-order valence-corrected chi connectivity index (χ0v) is 19.3. The van der Waals surface area contributed by atoms with E-state index in [9.17, 15) is 19.7 Å². The number of aryl methyl sites for hydroxylation is 1. The number of anilines is 2. The molecule has 0 unspecified atom stereocenters.